The summed E-state index contributed by atoms with van der Waals surface area (Å²) in [5.41, 5.74) is 8.33. The van der Waals surface area contributed by atoms with Crippen molar-refractivity contribution in [1.82, 2.24) is 4.90 Å². The molecule has 0 amide bonds. The van der Waals surface area contributed by atoms with E-state index < -0.39 is 0 Å². The second-order valence-corrected chi connectivity index (χ2v) is 6.67. The fourth-order valence-electron chi connectivity index (χ4n) is 3.47. The van der Waals surface area contributed by atoms with E-state index in [-0.39, 0.29) is 17.4 Å². The van der Waals surface area contributed by atoms with Gasteiger partial charge in [-0.15, -0.1) is 0 Å². The summed E-state index contributed by atoms with van der Waals surface area (Å²) in [7, 11) is 4.23. The molecule has 1 aliphatic rings. The zero-order chi connectivity index (χ0) is 14.9. The Kier molecular flexibility index (Phi) is 4.50. The Balaban J connectivity index is 2.31. The number of hydrogen-bond acceptors (Lipinski definition) is 2. The van der Waals surface area contributed by atoms with Crippen LogP contribution in [0.3, 0.4) is 0 Å². The first-order valence-electron chi connectivity index (χ1n) is 7.56. The van der Waals surface area contributed by atoms with Crippen molar-refractivity contribution in [3.63, 3.8) is 0 Å². The molecule has 20 heavy (non-hydrogen) atoms. The zero-order valence-electron chi connectivity index (χ0n) is 13.1. The standard InChI is InChI=1S/C17H27FN2/c1-12-7-9-17(10-8-12,20(3)4)16(19)14-5-6-15(18)13(2)11-14/h5-6,11-12,16H,7-10,19H2,1-4H3. The van der Waals surface area contributed by atoms with Crippen LogP contribution in [-0.2, 0) is 0 Å². The smallest absolute Gasteiger partial charge is 0.126 e. The number of benzene rings is 1. The summed E-state index contributed by atoms with van der Waals surface area (Å²) in [5.74, 6) is 0.627. The molecule has 0 radical (unpaired) electrons. The monoisotopic (exact) mass is 278 g/mol. The van der Waals surface area contributed by atoms with Crippen molar-refractivity contribution in [2.75, 3.05) is 14.1 Å². The molecular weight excluding hydrogens is 251 g/mol. The van der Waals surface area contributed by atoms with E-state index in [1.807, 2.05) is 12.1 Å². The van der Waals surface area contributed by atoms with Gasteiger partial charge < -0.3 is 10.6 Å². The molecule has 112 valence electrons. The van der Waals surface area contributed by atoms with Crippen LogP contribution in [0.4, 0.5) is 4.39 Å². The van der Waals surface area contributed by atoms with Gasteiger partial charge in [0.2, 0.25) is 0 Å². The molecule has 0 bridgehead atoms. The molecule has 1 aliphatic carbocycles. The lowest BCUT2D eigenvalue weighted by Crippen LogP contribution is -2.54. The van der Waals surface area contributed by atoms with Crippen LogP contribution in [0.1, 0.15) is 49.8 Å². The molecule has 1 unspecified atom stereocenters. The summed E-state index contributed by atoms with van der Waals surface area (Å²) in [4.78, 5) is 2.28. The maximum atomic E-state index is 13.5. The molecule has 1 saturated carbocycles. The van der Waals surface area contributed by atoms with Gasteiger partial charge in [-0.05, 0) is 69.8 Å². The first-order chi connectivity index (χ1) is 9.36. The summed E-state index contributed by atoms with van der Waals surface area (Å²) < 4.78 is 13.5. The first-order valence-corrected chi connectivity index (χ1v) is 7.56. The molecule has 1 atom stereocenters. The molecule has 2 rings (SSSR count). The number of aryl methyl sites for hydroxylation is 1. The zero-order valence-corrected chi connectivity index (χ0v) is 13.1. The van der Waals surface area contributed by atoms with E-state index >= 15 is 0 Å². The minimum Gasteiger partial charge on any atom is -0.322 e. The van der Waals surface area contributed by atoms with Gasteiger partial charge in [0, 0.05) is 11.6 Å². The number of nitrogens with zero attached hydrogens (tertiary/aromatic N) is 1. The topological polar surface area (TPSA) is 29.3 Å². The highest BCUT2D eigenvalue weighted by atomic mass is 19.1. The van der Waals surface area contributed by atoms with E-state index in [9.17, 15) is 4.39 Å². The van der Waals surface area contributed by atoms with Gasteiger partial charge in [-0.3, -0.25) is 0 Å². The van der Waals surface area contributed by atoms with Gasteiger partial charge in [-0.1, -0.05) is 19.1 Å². The predicted octanol–water partition coefficient (Wildman–Crippen LogP) is 3.64. The van der Waals surface area contributed by atoms with E-state index in [0.29, 0.717) is 5.56 Å². The maximum absolute atomic E-state index is 13.5. The highest BCUT2D eigenvalue weighted by molar-refractivity contribution is 5.29. The van der Waals surface area contributed by atoms with E-state index in [0.717, 1.165) is 24.3 Å². The van der Waals surface area contributed by atoms with E-state index in [2.05, 4.69) is 25.9 Å². The minimum atomic E-state index is -0.155. The lowest BCUT2D eigenvalue weighted by atomic mass is 9.70. The first kappa shape index (κ1) is 15.5. The van der Waals surface area contributed by atoms with Crippen LogP contribution in [0, 0.1) is 18.7 Å². The van der Waals surface area contributed by atoms with Crippen LogP contribution in [0.5, 0.6) is 0 Å². The van der Waals surface area contributed by atoms with Gasteiger partial charge >= 0.3 is 0 Å². The average Bonchev–Trinajstić information content (AvgIpc) is 2.42. The van der Waals surface area contributed by atoms with Crippen molar-refractivity contribution >= 4 is 0 Å². The van der Waals surface area contributed by atoms with Crippen LogP contribution < -0.4 is 5.73 Å². The normalized spacial score (nSPS) is 28.6. The third-order valence-electron chi connectivity index (χ3n) is 5.15. The van der Waals surface area contributed by atoms with Crippen molar-refractivity contribution in [3.8, 4) is 0 Å². The largest absolute Gasteiger partial charge is 0.322 e. The van der Waals surface area contributed by atoms with Gasteiger partial charge in [0.25, 0.3) is 0 Å². The number of hydrogen-bond donors (Lipinski definition) is 1. The Hall–Kier alpha value is -0.930. The summed E-state index contributed by atoms with van der Waals surface area (Å²) in [5, 5.41) is 0. The molecule has 0 spiro atoms. The number of nitrogens with two attached hydrogens (primary N) is 1. The van der Waals surface area contributed by atoms with Crippen molar-refractivity contribution in [3.05, 3.63) is 35.1 Å². The number of likely N-dealkylation sites (N-methyl/N-ethyl adjacent to an activating group) is 1. The second-order valence-electron chi connectivity index (χ2n) is 6.67. The third kappa shape index (κ3) is 2.75. The van der Waals surface area contributed by atoms with Gasteiger partial charge in [0.15, 0.2) is 0 Å². The van der Waals surface area contributed by atoms with Crippen LogP contribution in [0.2, 0.25) is 0 Å². The molecule has 2 nitrogen and oxygen atoms in total. The van der Waals surface area contributed by atoms with Crippen LogP contribution in [0.25, 0.3) is 0 Å². The molecule has 1 aromatic carbocycles. The Morgan fingerprint density at radius 2 is 1.90 bits per heavy atom. The predicted molar refractivity (Wildman–Crippen MR) is 82.1 cm³/mol. The van der Waals surface area contributed by atoms with Crippen LogP contribution >= 0.6 is 0 Å². The van der Waals surface area contributed by atoms with Gasteiger partial charge in [-0.2, -0.15) is 0 Å². The minimum absolute atomic E-state index is 0.00319. The fraction of sp³-hybridized carbons (Fsp3) is 0.647. The van der Waals surface area contributed by atoms with E-state index in [4.69, 9.17) is 5.73 Å². The molecule has 1 fully saturated rings. The molecule has 1 aromatic rings. The highest BCUT2D eigenvalue weighted by Crippen LogP contribution is 2.42. The lowest BCUT2D eigenvalue weighted by Gasteiger charge is -2.48. The molecular formula is C17H27FN2. The highest BCUT2D eigenvalue weighted by Gasteiger charge is 2.42. The van der Waals surface area contributed by atoms with Crippen molar-refractivity contribution < 1.29 is 4.39 Å². The van der Waals surface area contributed by atoms with Gasteiger partial charge in [0.05, 0.1) is 0 Å². The number of halogens is 1. The average molecular weight is 278 g/mol. The quantitative estimate of drug-likeness (QED) is 0.914. The molecule has 2 N–H and O–H groups in total. The summed E-state index contributed by atoms with van der Waals surface area (Å²) in [6.45, 7) is 4.12. The van der Waals surface area contributed by atoms with E-state index in [1.165, 1.54) is 12.8 Å². The van der Waals surface area contributed by atoms with Crippen molar-refractivity contribution in [1.29, 1.82) is 0 Å². The number of rotatable bonds is 3. The lowest BCUT2D eigenvalue weighted by molar-refractivity contribution is 0.0564. The molecule has 0 heterocycles. The Bertz CT molecular complexity index is 462. The van der Waals surface area contributed by atoms with E-state index in [1.54, 1.807) is 13.0 Å². The second kappa shape index (κ2) is 5.82. The molecule has 0 saturated heterocycles. The van der Waals surface area contributed by atoms with Gasteiger partial charge in [0.1, 0.15) is 5.82 Å². The molecule has 0 aromatic heterocycles. The third-order valence-corrected chi connectivity index (χ3v) is 5.15. The molecule has 0 aliphatic heterocycles. The van der Waals surface area contributed by atoms with Crippen molar-refractivity contribution in [2.24, 2.45) is 11.7 Å². The Morgan fingerprint density at radius 3 is 2.40 bits per heavy atom. The van der Waals surface area contributed by atoms with Crippen LogP contribution in [-0.4, -0.2) is 24.5 Å². The summed E-state index contributed by atoms with van der Waals surface area (Å²) in [6, 6.07) is 5.23. The van der Waals surface area contributed by atoms with Crippen LogP contribution in [0.15, 0.2) is 18.2 Å². The SMILES string of the molecule is Cc1cc(C(N)C2(N(C)C)CCC(C)CC2)ccc1F. The summed E-state index contributed by atoms with van der Waals surface area (Å²) >= 11 is 0. The van der Waals surface area contributed by atoms with Crippen molar-refractivity contribution in [2.45, 2.75) is 51.1 Å². The molecule has 3 heteroatoms. The maximum Gasteiger partial charge on any atom is 0.126 e. The summed E-state index contributed by atoms with van der Waals surface area (Å²) in [6.07, 6.45) is 4.65. The Morgan fingerprint density at radius 1 is 1.30 bits per heavy atom. The fourth-order valence-corrected chi connectivity index (χ4v) is 3.47. The Labute approximate surface area is 122 Å². The van der Waals surface area contributed by atoms with Gasteiger partial charge in [-0.25, -0.2) is 4.39 Å².